The second-order valence-corrected chi connectivity index (χ2v) is 5.63. The van der Waals surface area contributed by atoms with E-state index in [4.69, 9.17) is 5.73 Å². The zero-order valence-electron chi connectivity index (χ0n) is 11.2. The number of nitrogens with two attached hydrogens (primary N) is 1. The second-order valence-electron chi connectivity index (χ2n) is 5.63. The first-order valence-electron chi connectivity index (χ1n) is 6.91. The Hall–Kier alpha value is -0.0300. The van der Waals surface area contributed by atoms with Crippen molar-refractivity contribution in [3.8, 4) is 0 Å². The van der Waals surface area contributed by atoms with Crippen LogP contribution in [0.25, 0.3) is 0 Å². The Bertz CT molecular complexity index is 269. The molecule has 2 atom stereocenters. The van der Waals surface area contributed by atoms with Gasteiger partial charge in [-0.25, -0.2) is 0 Å². The van der Waals surface area contributed by atoms with E-state index in [1.54, 1.807) is 0 Å². The highest BCUT2D eigenvalue weighted by atomic mass is 35.5. The highest BCUT2D eigenvalue weighted by molar-refractivity contribution is 5.85. The summed E-state index contributed by atoms with van der Waals surface area (Å²) in [6, 6.07) is -0.115. The van der Waals surface area contributed by atoms with E-state index in [1.807, 2.05) is 0 Å². The quantitative estimate of drug-likeness (QED) is 0.724. The van der Waals surface area contributed by atoms with Crippen LogP contribution in [0.1, 0.15) is 51.4 Å². The Labute approximate surface area is 127 Å². The maximum absolute atomic E-state index is 11.6. The van der Waals surface area contributed by atoms with Crippen molar-refractivity contribution in [1.29, 1.82) is 0 Å². The van der Waals surface area contributed by atoms with Crippen LogP contribution in [0, 0.1) is 5.92 Å². The number of rotatable bonds is 5. The molecule has 1 amide bonds. The predicted molar refractivity (Wildman–Crippen MR) is 80.8 cm³/mol. The molecule has 2 aliphatic carbocycles. The van der Waals surface area contributed by atoms with Crippen LogP contribution in [-0.2, 0) is 4.79 Å². The van der Waals surface area contributed by atoms with E-state index in [0.29, 0.717) is 12.0 Å². The van der Waals surface area contributed by atoms with Gasteiger partial charge in [0.25, 0.3) is 5.91 Å². The minimum atomic E-state index is -1.03. The van der Waals surface area contributed by atoms with E-state index in [-0.39, 0.29) is 30.7 Å². The molecule has 0 aliphatic heterocycles. The zero-order chi connectivity index (χ0) is 12.3. The van der Waals surface area contributed by atoms with Crippen molar-refractivity contribution < 1.29 is 9.90 Å². The van der Waals surface area contributed by atoms with Crippen LogP contribution in [0.2, 0.25) is 0 Å². The van der Waals surface area contributed by atoms with E-state index in [0.717, 1.165) is 19.3 Å². The monoisotopic (exact) mass is 312 g/mol. The molecule has 0 spiro atoms. The smallest absolute Gasteiger partial charge is 0.250 e. The fourth-order valence-electron chi connectivity index (χ4n) is 2.65. The van der Waals surface area contributed by atoms with Gasteiger partial charge in [0.2, 0.25) is 0 Å². The van der Waals surface area contributed by atoms with Gasteiger partial charge < -0.3 is 16.2 Å². The summed E-state index contributed by atoms with van der Waals surface area (Å²) < 4.78 is 0. The maximum atomic E-state index is 11.6. The van der Waals surface area contributed by atoms with Crippen molar-refractivity contribution in [2.24, 2.45) is 11.7 Å². The second kappa shape index (κ2) is 9.01. The number of amides is 1. The number of hydrogen-bond donors (Lipinski definition) is 3. The first-order valence-corrected chi connectivity index (χ1v) is 6.91. The van der Waals surface area contributed by atoms with Crippen LogP contribution < -0.4 is 11.1 Å². The molecule has 19 heavy (non-hydrogen) atoms. The molecule has 2 aliphatic rings. The fourth-order valence-corrected chi connectivity index (χ4v) is 2.65. The number of aliphatic hydroxyl groups is 1. The van der Waals surface area contributed by atoms with E-state index in [1.165, 1.54) is 32.1 Å². The molecule has 114 valence electrons. The molecule has 0 aromatic heterocycles. The Morgan fingerprint density at radius 2 is 1.74 bits per heavy atom. The SMILES string of the molecule is Cl.Cl.N[C@@H](CC1CCCCC1)[C@H](O)C(=O)NC1CC1. The van der Waals surface area contributed by atoms with Crippen LogP contribution in [0.5, 0.6) is 0 Å². The van der Waals surface area contributed by atoms with E-state index >= 15 is 0 Å². The summed E-state index contributed by atoms with van der Waals surface area (Å²) in [5.74, 6) is 0.318. The topological polar surface area (TPSA) is 75.3 Å². The average Bonchev–Trinajstić information content (AvgIpc) is 3.13. The molecule has 0 aromatic rings. The van der Waals surface area contributed by atoms with Crippen LogP contribution in [0.3, 0.4) is 0 Å². The number of nitrogens with one attached hydrogen (secondary N) is 1. The summed E-state index contributed by atoms with van der Waals surface area (Å²) >= 11 is 0. The fraction of sp³-hybridized carbons (Fsp3) is 0.923. The normalized spacial score (nSPS) is 22.6. The summed E-state index contributed by atoms with van der Waals surface area (Å²) in [5.41, 5.74) is 5.93. The van der Waals surface area contributed by atoms with Crippen molar-refractivity contribution in [1.82, 2.24) is 5.32 Å². The third-order valence-electron chi connectivity index (χ3n) is 3.93. The van der Waals surface area contributed by atoms with Crippen molar-refractivity contribution in [2.45, 2.75) is 69.6 Å². The van der Waals surface area contributed by atoms with Gasteiger partial charge in [-0.1, -0.05) is 32.1 Å². The van der Waals surface area contributed by atoms with Gasteiger partial charge in [0.15, 0.2) is 0 Å². The lowest BCUT2D eigenvalue weighted by Gasteiger charge is -2.26. The number of halogens is 2. The Morgan fingerprint density at radius 3 is 2.26 bits per heavy atom. The van der Waals surface area contributed by atoms with Gasteiger partial charge in [0.05, 0.1) is 0 Å². The predicted octanol–water partition coefficient (Wildman–Crippen LogP) is 1.77. The van der Waals surface area contributed by atoms with Crippen LogP contribution in [0.15, 0.2) is 0 Å². The molecule has 0 aromatic carbocycles. The third kappa shape index (κ3) is 6.30. The summed E-state index contributed by atoms with van der Waals surface area (Å²) in [6.07, 6.45) is 8.07. The number of carbonyl (C=O) groups is 1. The summed E-state index contributed by atoms with van der Waals surface area (Å²) in [4.78, 5) is 11.6. The van der Waals surface area contributed by atoms with Crippen molar-refractivity contribution in [3.05, 3.63) is 0 Å². The molecular weight excluding hydrogens is 287 g/mol. The Morgan fingerprint density at radius 1 is 1.16 bits per heavy atom. The molecule has 6 heteroatoms. The summed E-state index contributed by atoms with van der Waals surface area (Å²) in [6.45, 7) is 0. The van der Waals surface area contributed by atoms with Crippen molar-refractivity contribution in [2.75, 3.05) is 0 Å². The maximum Gasteiger partial charge on any atom is 0.250 e. The lowest BCUT2D eigenvalue weighted by molar-refractivity contribution is -0.130. The average molecular weight is 313 g/mol. The van der Waals surface area contributed by atoms with Gasteiger partial charge in [0, 0.05) is 12.1 Å². The number of aliphatic hydroxyl groups excluding tert-OH is 1. The summed E-state index contributed by atoms with van der Waals surface area (Å²) in [7, 11) is 0. The third-order valence-corrected chi connectivity index (χ3v) is 3.93. The van der Waals surface area contributed by atoms with Crippen molar-refractivity contribution >= 4 is 30.7 Å². The molecule has 4 nitrogen and oxygen atoms in total. The molecule has 0 radical (unpaired) electrons. The molecule has 0 bridgehead atoms. The lowest BCUT2D eigenvalue weighted by Crippen LogP contribution is -2.47. The van der Waals surface area contributed by atoms with E-state index < -0.39 is 12.1 Å². The molecule has 0 unspecified atom stereocenters. The highest BCUT2D eigenvalue weighted by Gasteiger charge is 2.30. The largest absolute Gasteiger partial charge is 0.382 e. The number of hydrogen-bond acceptors (Lipinski definition) is 3. The lowest BCUT2D eigenvalue weighted by atomic mass is 9.84. The Balaban J connectivity index is 0.00000162. The molecule has 0 saturated heterocycles. The zero-order valence-corrected chi connectivity index (χ0v) is 12.8. The molecule has 2 saturated carbocycles. The molecular formula is C13H26Cl2N2O2. The molecule has 2 fully saturated rings. The van der Waals surface area contributed by atoms with Crippen LogP contribution in [-0.4, -0.2) is 29.2 Å². The first kappa shape index (κ1) is 19.0. The van der Waals surface area contributed by atoms with Crippen molar-refractivity contribution in [3.63, 3.8) is 0 Å². The van der Waals surface area contributed by atoms with Gasteiger partial charge in [0.1, 0.15) is 6.10 Å². The van der Waals surface area contributed by atoms with Gasteiger partial charge in [-0.05, 0) is 25.2 Å². The standard InChI is InChI=1S/C13H24N2O2.2ClH/c14-11(8-9-4-2-1-3-5-9)12(16)13(17)15-10-6-7-10;;/h9-12,16H,1-8,14H2,(H,15,17);2*1H/t11-,12-;;/m0../s1. The van der Waals surface area contributed by atoms with E-state index in [9.17, 15) is 9.90 Å². The van der Waals surface area contributed by atoms with Gasteiger partial charge in [-0.3, -0.25) is 4.79 Å². The highest BCUT2D eigenvalue weighted by Crippen LogP contribution is 2.27. The molecule has 0 heterocycles. The molecule has 2 rings (SSSR count). The Kier molecular flexibility index (Phi) is 8.99. The van der Waals surface area contributed by atoms with Crippen LogP contribution >= 0.6 is 24.8 Å². The first-order chi connectivity index (χ1) is 8.16. The van der Waals surface area contributed by atoms with Gasteiger partial charge in [-0.15, -0.1) is 24.8 Å². The van der Waals surface area contributed by atoms with E-state index in [2.05, 4.69) is 5.32 Å². The molecule has 4 N–H and O–H groups in total. The van der Waals surface area contributed by atoms with Crippen LogP contribution in [0.4, 0.5) is 0 Å². The van der Waals surface area contributed by atoms with Gasteiger partial charge >= 0.3 is 0 Å². The minimum absolute atomic E-state index is 0. The minimum Gasteiger partial charge on any atom is -0.382 e. The number of carbonyl (C=O) groups excluding carboxylic acids is 1. The van der Waals surface area contributed by atoms with Gasteiger partial charge in [-0.2, -0.15) is 0 Å². The summed E-state index contributed by atoms with van der Waals surface area (Å²) in [5, 5.41) is 12.7.